The monoisotopic (exact) mass is 283 g/mol. The molecule has 0 saturated carbocycles. The van der Waals surface area contributed by atoms with E-state index in [1.54, 1.807) is 18.2 Å². The van der Waals surface area contributed by atoms with E-state index in [-0.39, 0.29) is 11.7 Å². The maximum atomic E-state index is 11.1. The van der Waals surface area contributed by atoms with E-state index < -0.39 is 10.8 Å². The summed E-state index contributed by atoms with van der Waals surface area (Å²) in [7, 11) is 0. The van der Waals surface area contributed by atoms with E-state index in [0.717, 1.165) is 0 Å². The smallest absolute Gasteiger partial charge is 0.282 e. The Morgan fingerprint density at radius 3 is 2.79 bits per heavy atom. The number of para-hydroxylation sites is 1. The number of nitro benzene ring substituents is 1. The van der Waals surface area contributed by atoms with Gasteiger partial charge in [-0.2, -0.15) is 0 Å². The van der Waals surface area contributed by atoms with Gasteiger partial charge in [-0.15, -0.1) is 11.8 Å². The van der Waals surface area contributed by atoms with Crippen molar-refractivity contribution in [2.75, 3.05) is 12.3 Å². The number of hydrogen-bond acceptors (Lipinski definition) is 5. The van der Waals surface area contributed by atoms with Crippen molar-refractivity contribution >= 4 is 23.4 Å². The van der Waals surface area contributed by atoms with E-state index in [1.807, 2.05) is 6.92 Å². The van der Waals surface area contributed by atoms with E-state index in [0.29, 0.717) is 23.6 Å². The summed E-state index contributed by atoms with van der Waals surface area (Å²) in [6, 6.07) is 6.17. The third-order valence-electron chi connectivity index (χ3n) is 2.52. The van der Waals surface area contributed by atoms with Crippen molar-refractivity contribution in [3.05, 3.63) is 34.4 Å². The van der Waals surface area contributed by atoms with Crippen LogP contribution < -0.4 is 11.1 Å². The normalized spacial score (nSPS) is 12.1. The number of thioether (sulfide) groups is 1. The molecule has 0 fully saturated rings. The number of carbonyl (C=O) groups excluding carboxylic acids is 1. The molecule has 1 unspecified atom stereocenters. The minimum Gasteiger partial charge on any atom is -0.368 e. The number of nitrogens with one attached hydrogen (secondary N) is 1. The topological polar surface area (TPSA) is 98.3 Å². The number of primary amides is 1. The Kier molecular flexibility index (Phi) is 6.31. The Balaban J connectivity index is 2.57. The Bertz CT molecular complexity index is 454. The molecule has 3 N–H and O–H groups in total. The van der Waals surface area contributed by atoms with Gasteiger partial charge in [0.1, 0.15) is 0 Å². The number of nitrogens with zero attached hydrogens (tertiary/aromatic N) is 1. The van der Waals surface area contributed by atoms with Crippen LogP contribution in [0.1, 0.15) is 13.3 Å². The molecule has 0 aliphatic carbocycles. The fourth-order valence-corrected chi connectivity index (χ4v) is 2.65. The molecule has 19 heavy (non-hydrogen) atoms. The minimum absolute atomic E-state index is 0.0894. The lowest BCUT2D eigenvalue weighted by Crippen LogP contribution is -2.41. The van der Waals surface area contributed by atoms with Gasteiger partial charge in [0.25, 0.3) is 5.69 Å². The predicted molar refractivity (Wildman–Crippen MR) is 75.1 cm³/mol. The Morgan fingerprint density at radius 1 is 1.53 bits per heavy atom. The number of nitro groups is 1. The van der Waals surface area contributed by atoms with E-state index >= 15 is 0 Å². The summed E-state index contributed by atoms with van der Waals surface area (Å²) in [6.45, 7) is 2.55. The molecule has 1 aromatic carbocycles. The fourth-order valence-electron chi connectivity index (χ4n) is 1.61. The van der Waals surface area contributed by atoms with Crippen LogP contribution in [-0.4, -0.2) is 29.2 Å². The first-order chi connectivity index (χ1) is 9.06. The van der Waals surface area contributed by atoms with Crippen LogP contribution in [0.25, 0.3) is 0 Å². The lowest BCUT2D eigenvalue weighted by molar-refractivity contribution is -0.387. The fraction of sp³-hybridized carbons (Fsp3) is 0.417. The number of benzene rings is 1. The van der Waals surface area contributed by atoms with Crippen LogP contribution in [0.4, 0.5) is 5.69 Å². The molecular weight excluding hydrogens is 266 g/mol. The van der Waals surface area contributed by atoms with Gasteiger partial charge < -0.3 is 11.1 Å². The first kappa shape index (κ1) is 15.5. The molecule has 0 heterocycles. The first-order valence-electron chi connectivity index (χ1n) is 5.95. The minimum atomic E-state index is -0.405. The molecule has 6 nitrogen and oxygen atoms in total. The van der Waals surface area contributed by atoms with Gasteiger partial charge in [0.2, 0.25) is 5.91 Å². The van der Waals surface area contributed by atoms with Gasteiger partial charge in [-0.05, 0) is 19.0 Å². The van der Waals surface area contributed by atoms with Gasteiger partial charge in [0, 0.05) is 11.8 Å². The van der Waals surface area contributed by atoms with Crippen molar-refractivity contribution in [3.8, 4) is 0 Å². The highest BCUT2D eigenvalue weighted by atomic mass is 32.2. The standard InChI is InChI=1S/C12H17N3O3S/c1-2-14-9(12(13)16)7-8-19-11-6-4-3-5-10(11)15(17)18/h3-6,9,14H,2,7-8H2,1H3,(H2,13,16). The Labute approximate surface area is 115 Å². The molecule has 1 rings (SSSR count). The highest BCUT2D eigenvalue weighted by Gasteiger charge is 2.16. The van der Waals surface area contributed by atoms with Gasteiger partial charge in [-0.25, -0.2) is 0 Å². The van der Waals surface area contributed by atoms with Crippen LogP contribution >= 0.6 is 11.8 Å². The highest BCUT2D eigenvalue weighted by molar-refractivity contribution is 7.99. The highest BCUT2D eigenvalue weighted by Crippen LogP contribution is 2.29. The molecular formula is C12H17N3O3S. The van der Waals surface area contributed by atoms with Gasteiger partial charge in [-0.1, -0.05) is 19.1 Å². The zero-order chi connectivity index (χ0) is 14.3. The molecule has 7 heteroatoms. The second-order valence-corrected chi connectivity index (χ2v) is 5.01. The molecule has 0 radical (unpaired) electrons. The molecule has 0 saturated heterocycles. The summed E-state index contributed by atoms with van der Waals surface area (Å²) in [5.41, 5.74) is 5.35. The number of nitrogens with two attached hydrogens (primary N) is 1. The van der Waals surface area contributed by atoms with Gasteiger partial charge in [0.15, 0.2) is 0 Å². The zero-order valence-electron chi connectivity index (χ0n) is 10.7. The second-order valence-electron chi connectivity index (χ2n) is 3.87. The maximum Gasteiger partial charge on any atom is 0.282 e. The van der Waals surface area contributed by atoms with Crippen LogP contribution in [0.2, 0.25) is 0 Å². The number of carbonyl (C=O) groups is 1. The lowest BCUT2D eigenvalue weighted by atomic mass is 10.2. The van der Waals surface area contributed by atoms with Crippen LogP contribution in [0.3, 0.4) is 0 Å². The van der Waals surface area contributed by atoms with Crippen molar-refractivity contribution in [2.45, 2.75) is 24.3 Å². The zero-order valence-corrected chi connectivity index (χ0v) is 11.5. The summed E-state index contributed by atoms with van der Waals surface area (Å²) in [6.07, 6.45) is 0.542. The molecule has 1 amide bonds. The maximum absolute atomic E-state index is 11.1. The SMILES string of the molecule is CCNC(CCSc1ccccc1[N+](=O)[O-])C(N)=O. The Morgan fingerprint density at radius 2 is 2.21 bits per heavy atom. The second kappa shape index (κ2) is 7.75. The van der Waals surface area contributed by atoms with Gasteiger partial charge >= 0.3 is 0 Å². The molecule has 1 atom stereocenters. The van der Waals surface area contributed by atoms with E-state index in [9.17, 15) is 14.9 Å². The van der Waals surface area contributed by atoms with Gasteiger partial charge in [0.05, 0.1) is 15.9 Å². The van der Waals surface area contributed by atoms with Crippen LogP contribution in [0, 0.1) is 10.1 Å². The van der Waals surface area contributed by atoms with E-state index in [2.05, 4.69) is 5.32 Å². The summed E-state index contributed by atoms with van der Waals surface area (Å²) >= 11 is 1.36. The number of amides is 1. The Hall–Kier alpha value is -1.60. The summed E-state index contributed by atoms with van der Waals surface area (Å²) in [5, 5.41) is 13.8. The lowest BCUT2D eigenvalue weighted by Gasteiger charge is -2.13. The quantitative estimate of drug-likeness (QED) is 0.428. The first-order valence-corrected chi connectivity index (χ1v) is 6.93. The molecule has 0 bridgehead atoms. The van der Waals surface area contributed by atoms with E-state index in [1.165, 1.54) is 17.8 Å². The molecule has 0 aliphatic rings. The summed E-state index contributed by atoms with van der Waals surface area (Å²) in [4.78, 5) is 22.2. The summed E-state index contributed by atoms with van der Waals surface area (Å²) < 4.78 is 0. The average molecular weight is 283 g/mol. The third kappa shape index (κ3) is 4.88. The van der Waals surface area contributed by atoms with Gasteiger partial charge in [-0.3, -0.25) is 14.9 Å². The molecule has 0 aliphatic heterocycles. The average Bonchev–Trinajstić information content (AvgIpc) is 2.38. The van der Waals surface area contributed by atoms with Crippen molar-refractivity contribution < 1.29 is 9.72 Å². The van der Waals surface area contributed by atoms with Crippen LogP contribution in [0.15, 0.2) is 29.2 Å². The number of rotatable bonds is 8. The third-order valence-corrected chi connectivity index (χ3v) is 3.62. The molecule has 104 valence electrons. The van der Waals surface area contributed by atoms with Crippen LogP contribution in [0.5, 0.6) is 0 Å². The molecule has 1 aromatic rings. The number of likely N-dealkylation sites (N-methyl/N-ethyl adjacent to an activating group) is 1. The largest absolute Gasteiger partial charge is 0.368 e. The van der Waals surface area contributed by atoms with Crippen molar-refractivity contribution in [1.82, 2.24) is 5.32 Å². The molecule has 0 spiro atoms. The number of hydrogen-bond donors (Lipinski definition) is 2. The van der Waals surface area contributed by atoms with Crippen molar-refractivity contribution in [1.29, 1.82) is 0 Å². The summed E-state index contributed by atoms with van der Waals surface area (Å²) in [5.74, 6) is 0.191. The van der Waals surface area contributed by atoms with Crippen LogP contribution in [-0.2, 0) is 4.79 Å². The predicted octanol–water partition coefficient (Wildman–Crippen LogP) is 1.54. The van der Waals surface area contributed by atoms with E-state index in [4.69, 9.17) is 5.73 Å². The van der Waals surface area contributed by atoms with Crippen molar-refractivity contribution in [2.24, 2.45) is 5.73 Å². The molecule has 0 aromatic heterocycles. The van der Waals surface area contributed by atoms with Crippen molar-refractivity contribution in [3.63, 3.8) is 0 Å².